The highest BCUT2D eigenvalue weighted by atomic mass is 16.2. The van der Waals surface area contributed by atoms with Gasteiger partial charge in [0.2, 0.25) is 6.41 Å². The van der Waals surface area contributed by atoms with Crippen LogP contribution in [-0.4, -0.2) is 24.3 Å². The maximum atomic E-state index is 11.3. The minimum absolute atomic E-state index is 0.286. The van der Waals surface area contributed by atoms with Crippen LogP contribution in [0.25, 0.3) is 0 Å². The molecule has 0 spiro atoms. The minimum Gasteiger partial charge on any atom is -0.284 e. The summed E-state index contributed by atoms with van der Waals surface area (Å²) in [4.78, 5) is 22.5. The standard InChI is InChI=1S/C9H13NO2/c1-4-6-8(5-2)9(12)10(3)7-11/h4-7H,1-3H3/b6-4-,8-5+. The third kappa shape index (κ3) is 2.70. The van der Waals surface area contributed by atoms with Gasteiger partial charge in [-0.1, -0.05) is 18.2 Å². The molecule has 0 atom stereocenters. The molecule has 12 heavy (non-hydrogen) atoms. The molecule has 3 nitrogen and oxygen atoms in total. The van der Waals surface area contributed by atoms with E-state index in [1.807, 2.05) is 6.92 Å². The fraction of sp³-hybridized carbons (Fsp3) is 0.333. The molecule has 0 aliphatic carbocycles. The molecule has 66 valence electrons. The van der Waals surface area contributed by atoms with E-state index >= 15 is 0 Å². The van der Waals surface area contributed by atoms with E-state index in [1.54, 1.807) is 25.2 Å². The molecule has 0 fully saturated rings. The van der Waals surface area contributed by atoms with E-state index in [2.05, 4.69) is 0 Å². The first kappa shape index (κ1) is 10.6. The second kappa shape index (κ2) is 5.29. The van der Waals surface area contributed by atoms with Crippen molar-refractivity contribution in [2.45, 2.75) is 13.8 Å². The second-order valence-corrected chi connectivity index (χ2v) is 2.27. The van der Waals surface area contributed by atoms with Gasteiger partial charge in [-0.2, -0.15) is 0 Å². The van der Waals surface area contributed by atoms with Gasteiger partial charge in [-0.3, -0.25) is 14.5 Å². The fourth-order valence-electron chi connectivity index (χ4n) is 0.722. The topological polar surface area (TPSA) is 37.4 Å². The van der Waals surface area contributed by atoms with Crippen LogP contribution in [0.4, 0.5) is 0 Å². The average Bonchev–Trinajstić information content (AvgIpc) is 2.11. The predicted octanol–water partition coefficient (Wildman–Crippen LogP) is 1.12. The van der Waals surface area contributed by atoms with Crippen molar-refractivity contribution in [3.8, 4) is 0 Å². The summed E-state index contributed by atoms with van der Waals surface area (Å²) in [7, 11) is 1.43. The lowest BCUT2D eigenvalue weighted by molar-refractivity contribution is -0.133. The number of hydrogen-bond donors (Lipinski definition) is 0. The highest BCUT2D eigenvalue weighted by molar-refractivity contribution is 6.01. The predicted molar refractivity (Wildman–Crippen MR) is 47.4 cm³/mol. The number of amides is 2. The summed E-state index contributed by atoms with van der Waals surface area (Å²) in [5.41, 5.74) is 0.520. The Hall–Kier alpha value is -1.38. The Balaban J connectivity index is 4.54. The molecule has 0 aromatic heterocycles. The van der Waals surface area contributed by atoms with E-state index in [-0.39, 0.29) is 5.91 Å². The quantitative estimate of drug-likeness (QED) is 0.359. The number of nitrogens with zero attached hydrogens (tertiary/aromatic N) is 1. The Morgan fingerprint density at radius 1 is 1.33 bits per heavy atom. The second-order valence-electron chi connectivity index (χ2n) is 2.27. The zero-order chi connectivity index (χ0) is 9.56. The molecule has 0 heterocycles. The Morgan fingerprint density at radius 2 is 1.92 bits per heavy atom. The van der Waals surface area contributed by atoms with Gasteiger partial charge >= 0.3 is 0 Å². The Morgan fingerprint density at radius 3 is 2.25 bits per heavy atom. The van der Waals surface area contributed by atoms with Gasteiger partial charge in [0.1, 0.15) is 0 Å². The first-order valence-electron chi connectivity index (χ1n) is 3.68. The lowest BCUT2D eigenvalue weighted by Crippen LogP contribution is -2.25. The van der Waals surface area contributed by atoms with Crippen LogP contribution < -0.4 is 0 Å². The van der Waals surface area contributed by atoms with Gasteiger partial charge in [0.15, 0.2) is 0 Å². The molecule has 3 heteroatoms. The maximum Gasteiger partial charge on any atom is 0.259 e. The van der Waals surface area contributed by atoms with Crippen molar-refractivity contribution in [2.24, 2.45) is 0 Å². The summed E-state index contributed by atoms with van der Waals surface area (Å²) >= 11 is 0. The average molecular weight is 167 g/mol. The molecule has 2 amide bonds. The number of rotatable bonds is 3. The first-order chi connectivity index (χ1) is 5.67. The van der Waals surface area contributed by atoms with Crippen LogP contribution in [0.2, 0.25) is 0 Å². The molecule has 0 bridgehead atoms. The molecule has 0 rings (SSSR count). The SMILES string of the molecule is C/C=C\C(=C/C)C(=O)N(C)C=O. The highest BCUT2D eigenvalue weighted by Gasteiger charge is 2.09. The maximum absolute atomic E-state index is 11.3. The van der Waals surface area contributed by atoms with Crippen molar-refractivity contribution in [2.75, 3.05) is 7.05 Å². The van der Waals surface area contributed by atoms with Crippen LogP contribution in [0.15, 0.2) is 23.8 Å². The van der Waals surface area contributed by atoms with E-state index < -0.39 is 0 Å². The summed E-state index contributed by atoms with van der Waals surface area (Å²) < 4.78 is 0. The van der Waals surface area contributed by atoms with Crippen LogP contribution in [0.3, 0.4) is 0 Å². The van der Waals surface area contributed by atoms with Gasteiger partial charge in [0, 0.05) is 12.6 Å². The van der Waals surface area contributed by atoms with E-state index in [4.69, 9.17) is 0 Å². The number of allylic oxidation sites excluding steroid dienone is 2. The summed E-state index contributed by atoms with van der Waals surface area (Å²) in [6, 6.07) is 0. The zero-order valence-electron chi connectivity index (χ0n) is 7.57. The van der Waals surface area contributed by atoms with Gasteiger partial charge in [-0.15, -0.1) is 0 Å². The molecule has 0 saturated heterocycles. The molecule has 0 unspecified atom stereocenters. The van der Waals surface area contributed by atoms with E-state index in [1.165, 1.54) is 7.05 Å². The van der Waals surface area contributed by atoms with Crippen molar-refractivity contribution < 1.29 is 9.59 Å². The largest absolute Gasteiger partial charge is 0.284 e. The number of imide groups is 1. The normalized spacial score (nSPS) is 11.8. The van der Waals surface area contributed by atoms with Crippen molar-refractivity contribution in [1.29, 1.82) is 0 Å². The minimum atomic E-state index is -0.286. The lowest BCUT2D eigenvalue weighted by Gasteiger charge is -2.08. The lowest BCUT2D eigenvalue weighted by atomic mass is 10.2. The van der Waals surface area contributed by atoms with Crippen LogP contribution in [0.5, 0.6) is 0 Å². The number of carbonyl (C=O) groups excluding carboxylic acids is 2. The highest BCUT2D eigenvalue weighted by Crippen LogP contribution is 2.00. The smallest absolute Gasteiger partial charge is 0.259 e. The molecule has 0 aliphatic rings. The monoisotopic (exact) mass is 167 g/mol. The van der Waals surface area contributed by atoms with E-state index in [9.17, 15) is 9.59 Å². The molecule has 0 N–H and O–H groups in total. The van der Waals surface area contributed by atoms with Crippen molar-refractivity contribution in [3.63, 3.8) is 0 Å². The van der Waals surface area contributed by atoms with Crippen LogP contribution in [0.1, 0.15) is 13.8 Å². The molecule has 0 saturated carbocycles. The van der Waals surface area contributed by atoms with Gasteiger partial charge in [0.25, 0.3) is 5.91 Å². The zero-order valence-corrected chi connectivity index (χ0v) is 7.57. The Kier molecular flexibility index (Phi) is 4.69. The number of likely N-dealkylation sites (N-methyl/N-ethyl adjacent to an activating group) is 1. The number of carbonyl (C=O) groups is 2. The molecule has 0 aliphatic heterocycles. The molecule has 0 radical (unpaired) electrons. The first-order valence-corrected chi connectivity index (χ1v) is 3.68. The molecular formula is C9H13NO2. The third-order valence-corrected chi connectivity index (χ3v) is 1.38. The molecule has 0 aromatic carbocycles. The molecule has 0 aromatic rings. The van der Waals surface area contributed by atoms with Crippen molar-refractivity contribution in [3.05, 3.63) is 23.8 Å². The van der Waals surface area contributed by atoms with E-state index in [0.717, 1.165) is 4.90 Å². The van der Waals surface area contributed by atoms with Crippen LogP contribution in [0, 0.1) is 0 Å². The van der Waals surface area contributed by atoms with Gasteiger partial charge in [-0.05, 0) is 13.8 Å². The van der Waals surface area contributed by atoms with Gasteiger partial charge < -0.3 is 0 Å². The summed E-state index contributed by atoms with van der Waals surface area (Å²) in [5.74, 6) is -0.286. The summed E-state index contributed by atoms with van der Waals surface area (Å²) in [5, 5.41) is 0. The van der Waals surface area contributed by atoms with Gasteiger partial charge in [-0.25, -0.2) is 0 Å². The van der Waals surface area contributed by atoms with Crippen LogP contribution >= 0.6 is 0 Å². The van der Waals surface area contributed by atoms with Gasteiger partial charge in [0.05, 0.1) is 0 Å². The Bertz CT molecular complexity index is 229. The van der Waals surface area contributed by atoms with Crippen molar-refractivity contribution >= 4 is 12.3 Å². The fourth-order valence-corrected chi connectivity index (χ4v) is 0.722. The van der Waals surface area contributed by atoms with Crippen LogP contribution in [-0.2, 0) is 9.59 Å². The van der Waals surface area contributed by atoms with E-state index in [0.29, 0.717) is 12.0 Å². The number of hydrogen-bond acceptors (Lipinski definition) is 2. The summed E-state index contributed by atoms with van der Waals surface area (Å²) in [6.07, 6.45) is 5.59. The van der Waals surface area contributed by atoms with Crippen molar-refractivity contribution in [1.82, 2.24) is 4.90 Å². The Labute approximate surface area is 72.4 Å². The molecular weight excluding hydrogens is 154 g/mol. The summed E-state index contributed by atoms with van der Waals surface area (Å²) in [6.45, 7) is 3.57. The third-order valence-electron chi connectivity index (χ3n) is 1.38.